The SMILES string of the molecule is CC1CCN(CCC(C)(O)c2ccccc2Oc2ccc(Br)cc2)CC1. The fourth-order valence-corrected chi connectivity index (χ4v) is 3.69. The molecule has 0 saturated carbocycles. The number of nitrogens with zero attached hydrogens (tertiary/aromatic N) is 1. The summed E-state index contributed by atoms with van der Waals surface area (Å²) in [5.74, 6) is 2.31. The molecular formula is C22H28BrNO2. The van der Waals surface area contributed by atoms with E-state index >= 15 is 0 Å². The Balaban J connectivity index is 1.69. The van der Waals surface area contributed by atoms with Crippen molar-refractivity contribution in [3.8, 4) is 11.5 Å². The number of ether oxygens (including phenoxy) is 1. The van der Waals surface area contributed by atoms with Gasteiger partial charge in [0.05, 0.1) is 5.60 Å². The molecule has 1 fully saturated rings. The highest BCUT2D eigenvalue weighted by Crippen LogP contribution is 2.35. The Morgan fingerprint density at radius 1 is 1.12 bits per heavy atom. The van der Waals surface area contributed by atoms with Crippen LogP contribution in [0, 0.1) is 5.92 Å². The predicted molar refractivity (Wildman–Crippen MR) is 110 cm³/mol. The molecule has 0 radical (unpaired) electrons. The maximum atomic E-state index is 11.2. The first-order valence-electron chi connectivity index (χ1n) is 9.42. The van der Waals surface area contributed by atoms with Gasteiger partial charge in [-0.2, -0.15) is 0 Å². The minimum absolute atomic E-state index is 0.697. The molecule has 1 heterocycles. The standard InChI is InChI=1S/C22H28BrNO2/c1-17-11-14-24(15-12-17)16-13-22(2,25)20-5-3-4-6-21(20)26-19-9-7-18(23)8-10-19/h3-10,17,25H,11-16H2,1-2H3. The molecule has 0 amide bonds. The highest BCUT2D eigenvalue weighted by molar-refractivity contribution is 9.10. The average molecular weight is 418 g/mol. The van der Waals surface area contributed by atoms with Crippen molar-refractivity contribution in [1.29, 1.82) is 0 Å². The lowest BCUT2D eigenvalue weighted by molar-refractivity contribution is 0.0303. The van der Waals surface area contributed by atoms with Crippen LogP contribution in [-0.4, -0.2) is 29.6 Å². The Morgan fingerprint density at radius 2 is 1.77 bits per heavy atom. The normalized spacial score (nSPS) is 18.5. The third-order valence-electron chi connectivity index (χ3n) is 5.30. The number of aliphatic hydroxyl groups is 1. The highest BCUT2D eigenvalue weighted by Gasteiger charge is 2.28. The van der Waals surface area contributed by atoms with Gasteiger partial charge in [-0.05, 0) is 75.5 Å². The summed E-state index contributed by atoms with van der Waals surface area (Å²) in [6.45, 7) is 7.39. The van der Waals surface area contributed by atoms with Crippen LogP contribution < -0.4 is 4.74 Å². The van der Waals surface area contributed by atoms with Gasteiger partial charge < -0.3 is 14.7 Å². The highest BCUT2D eigenvalue weighted by atomic mass is 79.9. The number of hydrogen-bond acceptors (Lipinski definition) is 3. The van der Waals surface area contributed by atoms with Crippen molar-refractivity contribution in [2.24, 2.45) is 5.92 Å². The molecule has 0 aliphatic carbocycles. The van der Waals surface area contributed by atoms with Crippen molar-refractivity contribution in [1.82, 2.24) is 4.90 Å². The number of rotatable bonds is 6. The van der Waals surface area contributed by atoms with Gasteiger partial charge in [-0.1, -0.05) is 41.1 Å². The topological polar surface area (TPSA) is 32.7 Å². The molecule has 0 aromatic heterocycles. The Labute approximate surface area is 165 Å². The Bertz CT molecular complexity index is 706. The van der Waals surface area contributed by atoms with E-state index in [0.717, 1.165) is 41.3 Å². The van der Waals surface area contributed by atoms with Crippen LogP contribution in [0.3, 0.4) is 0 Å². The van der Waals surface area contributed by atoms with E-state index in [9.17, 15) is 5.11 Å². The number of piperidine rings is 1. The van der Waals surface area contributed by atoms with E-state index in [1.807, 2.05) is 55.5 Å². The molecule has 3 rings (SSSR count). The van der Waals surface area contributed by atoms with Crippen LogP contribution in [0.5, 0.6) is 11.5 Å². The average Bonchev–Trinajstić information content (AvgIpc) is 2.64. The molecule has 1 unspecified atom stereocenters. The largest absolute Gasteiger partial charge is 0.457 e. The summed E-state index contributed by atoms with van der Waals surface area (Å²) in [5, 5.41) is 11.2. The molecule has 1 atom stereocenters. The van der Waals surface area contributed by atoms with Crippen LogP contribution in [0.25, 0.3) is 0 Å². The van der Waals surface area contributed by atoms with Crippen molar-refractivity contribution in [3.05, 3.63) is 58.6 Å². The first kappa shape index (κ1) is 19.4. The summed E-state index contributed by atoms with van der Waals surface area (Å²) in [5.41, 5.74) is -0.0806. The Hall–Kier alpha value is -1.36. The van der Waals surface area contributed by atoms with Gasteiger partial charge in [-0.15, -0.1) is 0 Å². The molecule has 1 aliphatic heterocycles. The molecule has 2 aromatic rings. The monoisotopic (exact) mass is 417 g/mol. The van der Waals surface area contributed by atoms with Crippen LogP contribution in [0.2, 0.25) is 0 Å². The first-order valence-corrected chi connectivity index (χ1v) is 10.2. The number of benzene rings is 2. The maximum Gasteiger partial charge on any atom is 0.133 e. The van der Waals surface area contributed by atoms with Crippen molar-refractivity contribution in [2.45, 2.75) is 38.7 Å². The zero-order valence-electron chi connectivity index (χ0n) is 15.6. The van der Waals surface area contributed by atoms with Gasteiger partial charge in [-0.3, -0.25) is 0 Å². The molecular weight excluding hydrogens is 390 g/mol. The summed E-state index contributed by atoms with van der Waals surface area (Å²) in [6, 6.07) is 15.5. The minimum atomic E-state index is -0.922. The van der Waals surface area contributed by atoms with E-state index in [-0.39, 0.29) is 0 Å². The quantitative estimate of drug-likeness (QED) is 0.666. The zero-order valence-corrected chi connectivity index (χ0v) is 17.2. The fraction of sp³-hybridized carbons (Fsp3) is 0.455. The Morgan fingerprint density at radius 3 is 2.46 bits per heavy atom. The van der Waals surface area contributed by atoms with E-state index in [1.165, 1.54) is 12.8 Å². The lowest BCUT2D eigenvalue weighted by Gasteiger charge is -2.33. The number of hydrogen-bond donors (Lipinski definition) is 1. The van der Waals surface area contributed by atoms with Gasteiger partial charge >= 0.3 is 0 Å². The van der Waals surface area contributed by atoms with Crippen LogP contribution in [0.15, 0.2) is 53.0 Å². The third-order valence-corrected chi connectivity index (χ3v) is 5.83. The number of halogens is 1. The second-order valence-corrected chi connectivity index (χ2v) is 8.52. The summed E-state index contributed by atoms with van der Waals surface area (Å²) in [4.78, 5) is 2.46. The third kappa shape index (κ3) is 5.09. The predicted octanol–water partition coefficient (Wildman–Crippen LogP) is 5.57. The smallest absolute Gasteiger partial charge is 0.133 e. The molecule has 26 heavy (non-hydrogen) atoms. The maximum absolute atomic E-state index is 11.2. The molecule has 1 aliphatic rings. The molecule has 3 nitrogen and oxygen atoms in total. The lowest BCUT2D eigenvalue weighted by atomic mass is 9.90. The van der Waals surface area contributed by atoms with E-state index in [4.69, 9.17) is 4.74 Å². The second-order valence-electron chi connectivity index (χ2n) is 7.60. The van der Waals surface area contributed by atoms with Crippen molar-refractivity contribution >= 4 is 15.9 Å². The minimum Gasteiger partial charge on any atom is -0.457 e. The lowest BCUT2D eigenvalue weighted by Crippen LogP contribution is -2.36. The fourth-order valence-electron chi connectivity index (χ4n) is 3.43. The van der Waals surface area contributed by atoms with Gasteiger partial charge in [0, 0.05) is 16.6 Å². The van der Waals surface area contributed by atoms with E-state index in [2.05, 4.69) is 27.8 Å². The number of likely N-dealkylation sites (tertiary alicyclic amines) is 1. The first-order chi connectivity index (χ1) is 12.4. The molecule has 1 saturated heterocycles. The molecule has 0 spiro atoms. The molecule has 4 heteroatoms. The van der Waals surface area contributed by atoms with Crippen molar-refractivity contribution in [3.63, 3.8) is 0 Å². The number of para-hydroxylation sites is 1. The zero-order chi connectivity index (χ0) is 18.6. The molecule has 140 valence electrons. The molecule has 2 aromatic carbocycles. The summed E-state index contributed by atoms with van der Waals surface area (Å²) < 4.78 is 7.08. The van der Waals surface area contributed by atoms with E-state index < -0.39 is 5.60 Å². The van der Waals surface area contributed by atoms with Crippen molar-refractivity contribution < 1.29 is 9.84 Å². The van der Waals surface area contributed by atoms with Crippen LogP contribution >= 0.6 is 15.9 Å². The summed E-state index contributed by atoms with van der Waals surface area (Å²) >= 11 is 3.44. The van der Waals surface area contributed by atoms with Crippen LogP contribution in [0.4, 0.5) is 0 Å². The van der Waals surface area contributed by atoms with Crippen LogP contribution in [0.1, 0.15) is 38.7 Å². The van der Waals surface area contributed by atoms with E-state index in [0.29, 0.717) is 12.2 Å². The van der Waals surface area contributed by atoms with Gasteiger partial charge in [0.25, 0.3) is 0 Å². The second kappa shape index (κ2) is 8.55. The van der Waals surface area contributed by atoms with Crippen molar-refractivity contribution in [2.75, 3.05) is 19.6 Å². The van der Waals surface area contributed by atoms with Gasteiger partial charge in [0.1, 0.15) is 11.5 Å². The van der Waals surface area contributed by atoms with Gasteiger partial charge in [-0.25, -0.2) is 0 Å². The van der Waals surface area contributed by atoms with E-state index in [1.54, 1.807) is 0 Å². The molecule has 1 N–H and O–H groups in total. The van der Waals surface area contributed by atoms with Gasteiger partial charge in [0.2, 0.25) is 0 Å². The molecule has 0 bridgehead atoms. The summed E-state index contributed by atoms with van der Waals surface area (Å²) in [7, 11) is 0. The summed E-state index contributed by atoms with van der Waals surface area (Å²) in [6.07, 6.45) is 3.21. The van der Waals surface area contributed by atoms with Crippen LogP contribution in [-0.2, 0) is 5.60 Å². The van der Waals surface area contributed by atoms with Gasteiger partial charge in [0.15, 0.2) is 0 Å². The Kier molecular flexibility index (Phi) is 6.38.